The molecule has 96 valence electrons. The van der Waals surface area contributed by atoms with E-state index in [9.17, 15) is 13.2 Å². The van der Waals surface area contributed by atoms with Crippen molar-refractivity contribution < 1.29 is 27.8 Å². The first-order chi connectivity index (χ1) is 7.92. The Bertz CT molecular complexity index is 368. The van der Waals surface area contributed by atoms with Crippen LogP contribution in [0.3, 0.4) is 0 Å². The van der Waals surface area contributed by atoms with Crippen molar-refractivity contribution in [3.63, 3.8) is 0 Å². The number of ether oxygens (including phenoxy) is 2. The summed E-state index contributed by atoms with van der Waals surface area (Å²) in [5.74, 6) is 0.378. The van der Waals surface area contributed by atoms with E-state index >= 15 is 0 Å². The molecule has 1 aromatic carbocycles. The Labute approximate surface area is 104 Å². The second-order valence-corrected chi connectivity index (χ2v) is 3.91. The molecule has 0 aliphatic heterocycles. The summed E-state index contributed by atoms with van der Waals surface area (Å²) in [4.78, 5) is 0. The molecule has 0 fully saturated rings. The molecule has 0 saturated carbocycles. The van der Waals surface area contributed by atoms with Gasteiger partial charge in [-0.3, -0.25) is 4.74 Å². The van der Waals surface area contributed by atoms with E-state index in [0.717, 1.165) is 0 Å². The van der Waals surface area contributed by atoms with Crippen LogP contribution in [-0.4, -0.2) is 24.7 Å². The fourth-order valence-electron chi connectivity index (χ4n) is 1.08. The van der Waals surface area contributed by atoms with Crippen molar-refractivity contribution in [3.8, 4) is 5.75 Å². The summed E-state index contributed by atoms with van der Waals surface area (Å²) in [5.41, 5.74) is 0.597. The summed E-state index contributed by atoms with van der Waals surface area (Å²) in [6.45, 7) is -0.975. The van der Waals surface area contributed by atoms with Gasteiger partial charge in [-0.1, -0.05) is 15.9 Å². The molecule has 0 heterocycles. The van der Waals surface area contributed by atoms with Crippen LogP contribution in [0.15, 0.2) is 22.7 Å². The summed E-state index contributed by atoms with van der Waals surface area (Å²) in [7, 11) is 0. The van der Waals surface area contributed by atoms with Gasteiger partial charge in [-0.25, -0.2) is 0 Å². The number of hydrogen-bond acceptors (Lipinski definition) is 3. The van der Waals surface area contributed by atoms with Gasteiger partial charge in [-0.15, -0.1) is 13.2 Å². The molecule has 1 rings (SSSR count). The molecule has 0 radical (unpaired) electrons. The lowest BCUT2D eigenvalue weighted by atomic mass is 10.2. The monoisotopic (exact) mass is 314 g/mol. The fourth-order valence-corrected chi connectivity index (χ4v) is 1.45. The molecule has 17 heavy (non-hydrogen) atoms. The molecule has 0 unspecified atom stereocenters. The van der Waals surface area contributed by atoms with Gasteiger partial charge in [0.25, 0.3) is 0 Å². The molecule has 0 atom stereocenters. The van der Waals surface area contributed by atoms with Crippen LogP contribution in [0.2, 0.25) is 0 Å². The Morgan fingerprint density at radius 1 is 1.24 bits per heavy atom. The van der Waals surface area contributed by atoms with Gasteiger partial charge >= 0.3 is 6.36 Å². The van der Waals surface area contributed by atoms with E-state index in [1.165, 1.54) is 6.07 Å². The summed E-state index contributed by atoms with van der Waals surface area (Å²) in [6.07, 6.45) is -4.64. The second kappa shape index (κ2) is 6.23. The molecule has 7 heteroatoms. The van der Waals surface area contributed by atoms with Gasteiger partial charge in [0.15, 0.2) is 0 Å². The highest BCUT2D eigenvalue weighted by molar-refractivity contribution is 9.10. The Kier molecular flexibility index (Phi) is 5.23. The van der Waals surface area contributed by atoms with Crippen molar-refractivity contribution in [2.45, 2.75) is 13.0 Å². The predicted octanol–water partition coefficient (Wildman–Crippen LogP) is 2.86. The van der Waals surface area contributed by atoms with Crippen LogP contribution in [0.5, 0.6) is 5.75 Å². The minimum atomic E-state index is -4.64. The number of aliphatic hydroxyl groups excluding tert-OH is 1. The molecule has 3 nitrogen and oxygen atoms in total. The van der Waals surface area contributed by atoms with Gasteiger partial charge < -0.3 is 9.84 Å². The molecule has 0 spiro atoms. The first kappa shape index (κ1) is 14.3. The summed E-state index contributed by atoms with van der Waals surface area (Å²) in [6, 6.07) is 4.76. The first-order valence-corrected chi connectivity index (χ1v) is 5.44. The van der Waals surface area contributed by atoms with Crippen molar-refractivity contribution >= 4 is 15.9 Å². The maximum Gasteiger partial charge on any atom is 0.522 e. The third kappa shape index (κ3) is 5.38. The van der Waals surface area contributed by atoms with Crippen molar-refractivity contribution in [1.82, 2.24) is 0 Å². The average Bonchev–Trinajstić information content (AvgIpc) is 2.25. The van der Waals surface area contributed by atoms with E-state index < -0.39 is 13.0 Å². The Balaban J connectivity index is 2.42. The maximum absolute atomic E-state index is 11.6. The number of rotatable bonds is 5. The van der Waals surface area contributed by atoms with E-state index in [4.69, 9.17) is 9.84 Å². The van der Waals surface area contributed by atoms with Crippen LogP contribution in [-0.2, 0) is 11.3 Å². The molecular weight excluding hydrogens is 305 g/mol. The quantitative estimate of drug-likeness (QED) is 0.849. The molecule has 0 bridgehead atoms. The van der Waals surface area contributed by atoms with Crippen LogP contribution in [0, 0.1) is 0 Å². The van der Waals surface area contributed by atoms with Gasteiger partial charge in [0, 0.05) is 4.47 Å². The molecule has 0 aromatic heterocycles. The Morgan fingerprint density at radius 3 is 2.53 bits per heavy atom. The highest BCUT2D eigenvalue weighted by Crippen LogP contribution is 2.22. The molecule has 1 N–H and O–H groups in total. The van der Waals surface area contributed by atoms with Crippen molar-refractivity contribution in [2.75, 3.05) is 13.2 Å². The maximum atomic E-state index is 11.6. The zero-order valence-electron chi connectivity index (χ0n) is 8.63. The highest BCUT2D eigenvalue weighted by atomic mass is 79.9. The van der Waals surface area contributed by atoms with Crippen molar-refractivity contribution in [3.05, 3.63) is 28.2 Å². The molecular formula is C10H10BrF3O3. The summed E-state index contributed by atoms with van der Waals surface area (Å²) >= 11 is 3.21. The van der Waals surface area contributed by atoms with Crippen LogP contribution in [0.1, 0.15) is 5.56 Å². The second-order valence-electron chi connectivity index (χ2n) is 3.05. The summed E-state index contributed by atoms with van der Waals surface area (Å²) in [5, 5.41) is 8.96. The topological polar surface area (TPSA) is 38.7 Å². The Morgan fingerprint density at radius 2 is 1.94 bits per heavy atom. The molecule has 0 saturated heterocycles. The van der Waals surface area contributed by atoms with Crippen molar-refractivity contribution in [1.29, 1.82) is 0 Å². The number of halogens is 4. The van der Waals surface area contributed by atoms with Crippen molar-refractivity contribution in [2.24, 2.45) is 0 Å². The first-order valence-electron chi connectivity index (χ1n) is 4.65. The highest BCUT2D eigenvalue weighted by Gasteiger charge is 2.28. The van der Waals surface area contributed by atoms with Gasteiger partial charge in [-0.2, -0.15) is 0 Å². The molecule has 0 amide bonds. The third-order valence-electron chi connectivity index (χ3n) is 1.81. The minimum Gasteiger partial charge on any atom is -0.491 e. The summed E-state index contributed by atoms with van der Waals surface area (Å²) < 4.78 is 44.2. The minimum absolute atomic E-state index is 0.184. The van der Waals surface area contributed by atoms with E-state index in [0.29, 0.717) is 15.8 Å². The lowest BCUT2D eigenvalue weighted by Crippen LogP contribution is -2.18. The van der Waals surface area contributed by atoms with E-state index in [1.54, 1.807) is 12.1 Å². The van der Waals surface area contributed by atoms with E-state index in [-0.39, 0.29) is 13.2 Å². The van der Waals surface area contributed by atoms with Gasteiger partial charge in [-0.05, 0) is 23.8 Å². The average molecular weight is 315 g/mol. The number of aliphatic hydroxyl groups is 1. The largest absolute Gasteiger partial charge is 0.522 e. The Hall–Kier alpha value is -0.790. The molecule has 0 aliphatic carbocycles. The van der Waals surface area contributed by atoms with Crippen LogP contribution in [0.25, 0.3) is 0 Å². The SMILES string of the molecule is OCc1cc(OCCOC(F)(F)F)ccc1Br. The lowest BCUT2D eigenvalue weighted by molar-refractivity contribution is -0.325. The smallest absolute Gasteiger partial charge is 0.491 e. The van der Waals surface area contributed by atoms with Crippen LogP contribution in [0.4, 0.5) is 13.2 Å². The van der Waals surface area contributed by atoms with Crippen LogP contribution < -0.4 is 4.74 Å². The number of hydrogen-bond donors (Lipinski definition) is 1. The van der Waals surface area contributed by atoms with Crippen LogP contribution >= 0.6 is 15.9 Å². The zero-order valence-corrected chi connectivity index (χ0v) is 10.2. The van der Waals surface area contributed by atoms with Gasteiger partial charge in [0.05, 0.1) is 13.2 Å². The standard InChI is InChI=1S/C10H10BrF3O3/c11-9-2-1-8(5-7(9)6-15)16-3-4-17-10(12,13)14/h1-2,5,15H,3-4,6H2. The normalized spacial score (nSPS) is 11.6. The number of alkyl halides is 3. The van der Waals surface area contributed by atoms with E-state index in [1.807, 2.05) is 0 Å². The third-order valence-corrected chi connectivity index (χ3v) is 2.58. The zero-order chi connectivity index (χ0) is 12.9. The van der Waals surface area contributed by atoms with E-state index in [2.05, 4.69) is 20.7 Å². The number of benzene rings is 1. The molecule has 1 aromatic rings. The van der Waals surface area contributed by atoms with Gasteiger partial charge in [0.2, 0.25) is 0 Å². The predicted molar refractivity (Wildman–Crippen MR) is 57.6 cm³/mol. The van der Waals surface area contributed by atoms with Gasteiger partial charge in [0.1, 0.15) is 12.4 Å². The fraction of sp³-hybridized carbons (Fsp3) is 0.400. The lowest BCUT2D eigenvalue weighted by Gasteiger charge is -2.10. The molecule has 0 aliphatic rings.